The molecule has 1 fully saturated rings. The van der Waals surface area contributed by atoms with E-state index in [9.17, 15) is 48.3 Å². The maximum atomic E-state index is 14.1. The molecule has 66 heavy (non-hydrogen) atoms. The molecular formula is C44H72N12O10. The van der Waals surface area contributed by atoms with Gasteiger partial charge in [0.05, 0.1) is 12.5 Å². The van der Waals surface area contributed by atoms with E-state index in [-0.39, 0.29) is 44.1 Å². The third-order valence-electron chi connectivity index (χ3n) is 11.1. The number of carbonyl (C=O) groups excluding carboxylic acids is 9. The first-order chi connectivity index (χ1) is 31.2. The van der Waals surface area contributed by atoms with Gasteiger partial charge in [-0.05, 0) is 70.3 Å². The summed E-state index contributed by atoms with van der Waals surface area (Å²) in [6, 6.07) is 0.308. The summed E-state index contributed by atoms with van der Waals surface area (Å²) in [7, 11) is 0. The number of nitrogens with zero attached hydrogens (tertiary/aromatic N) is 2. The maximum absolute atomic E-state index is 14.1. The average molecular weight is 929 g/mol. The van der Waals surface area contributed by atoms with Crippen LogP contribution in [0.5, 0.6) is 0 Å². The topological polar surface area (TPSA) is 352 Å². The molecule has 0 saturated carbocycles. The highest BCUT2D eigenvalue weighted by molar-refractivity contribution is 5.98. The summed E-state index contributed by atoms with van der Waals surface area (Å²) >= 11 is 0. The first-order valence-corrected chi connectivity index (χ1v) is 22.7. The molecule has 2 rings (SSSR count). The van der Waals surface area contributed by atoms with Gasteiger partial charge >= 0.3 is 0 Å². The third kappa shape index (κ3) is 18.6. The summed E-state index contributed by atoms with van der Waals surface area (Å²) in [6.45, 7) is 10.3. The molecule has 22 heteroatoms. The second-order valence-corrected chi connectivity index (χ2v) is 16.6. The van der Waals surface area contributed by atoms with E-state index in [1.807, 2.05) is 6.92 Å². The zero-order valence-corrected chi connectivity index (χ0v) is 39.0. The van der Waals surface area contributed by atoms with Crippen LogP contribution in [0.2, 0.25) is 0 Å². The molecule has 1 saturated heterocycles. The number of benzene rings is 1. The molecule has 1 aliphatic rings. The molecule has 22 nitrogen and oxygen atoms in total. The van der Waals surface area contributed by atoms with Gasteiger partial charge in [-0.3, -0.25) is 48.1 Å². The van der Waals surface area contributed by atoms with Crippen LogP contribution < -0.4 is 54.4 Å². The Morgan fingerprint density at radius 2 is 1.32 bits per heavy atom. The van der Waals surface area contributed by atoms with Crippen molar-refractivity contribution in [3.05, 3.63) is 35.9 Å². The Morgan fingerprint density at radius 1 is 0.742 bits per heavy atom. The van der Waals surface area contributed by atoms with Crippen molar-refractivity contribution < 1.29 is 48.3 Å². The van der Waals surface area contributed by atoms with Gasteiger partial charge in [0, 0.05) is 26.6 Å². The summed E-state index contributed by atoms with van der Waals surface area (Å²) in [5, 5.41) is 29.0. The van der Waals surface area contributed by atoms with Gasteiger partial charge in [0.2, 0.25) is 53.2 Å². The van der Waals surface area contributed by atoms with E-state index in [1.165, 1.54) is 11.8 Å². The van der Waals surface area contributed by atoms with Gasteiger partial charge in [-0.1, -0.05) is 63.9 Å². The van der Waals surface area contributed by atoms with Crippen molar-refractivity contribution in [1.29, 1.82) is 0 Å². The van der Waals surface area contributed by atoms with Crippen LogP contribution in [0.4, 0.5) is 0 Å². The number of aryl methyl sites for hydroxylation is 1. The minimum atomic E-state index is -1.65. The number of aliphatic imine (C=N–C) groups is 1. The smallest absolute Gasteiger partial charge is 0.245 e. The van der Waals surface area contributed by atoms with Crippen molar-refractivity contribution in [2.45, 2.75) is 154 Å². The summed E-state index contributed by atoms with van der Waals surface area (Å²) < 4.78 is 0. The van der Waals surface area contributed by atoms with Gasteiger partial charge in [0.15, 0.2) is 5.96 Å². The number of hydrogen-bond acceptors (Lipinski definition) is 11. The Bertz CT molecular complexity index is 1830. The molecule has 1 aromatic carbocycles. The standard InChI is InChI=1S/C44H72N12O10/c1-7-15-29(37(60)54-35(25(4)8-2)41(64)53-31(18-13-22-49-44(46)47)43(66)56-23-14-19-33(56)40(63)48-9-3)52-42(65)36(26(5)57)55-38(61)30(21-20-28-16-11-10-12-17-28)51-39(62)32(24-34(45)59)50-27(6)58/h10-12,16-17,25-26,29-33,35-36,57H,7-9,13-15,18-24H2,1-6H3,(H2,45,59)(H,48,63)(H,50,58)(H,51,62)(H,52,65)(H,53,64)(H,54,60)(H,55,61)(H4,46,47,49)/t25-,26+,29-,30-,31-,32-,33-,35-,36-/m0/s1. The van der Waals surface area contributed by atoms with Gasteiger partial charge in [-0.25, -0.2) is 0 Å². The highest BCUT2D eigenvalue weighted by Crippen LogP contribution is 2.20. The minimum absolute atomic E-state index is 0.00540. The van der Waals surface area contributed by atoms with E-state index in [0.717, 1.165) is 12.5 Å². The van der Waals surface area contributed by atoms with Gasteiger partial charge in [0.1, 0.15) is 42.3 Å². The second kappa shape index (κ2) is 28.6. The summed E-state index contributed by atoms with van der Waals surface area (Å²) in [6.07, 6.45) is 0.520. The molecule has 9 atom stereocenters. The number of amides is 9. The molecule has 0 spiro atoms. The molecule has 1 aliphatic heterocycles. The third-order valence-corrected chi connectivity index (χ3v) is 11.1. The number of guanidine groups is 1. The SMILES string of the molecule is CCC[C@H](NC(=O)[C@@H](NC(=O)[C@H](CCc1ccccc1)NC(=O)[C@H](CC(N)=O)NC(C)=O)[C@@H](C)O)C(=O)N[C@H](C(=O)N[C@@H](CCCN=C(N)N)C(=O)N1CCC[C@H]1C(=O)NCC)[C@@H](C)CC. The van der Waals surface area contributed by atoms with Crippen LogP contribution in [0, 0.1) is 5.92 Å². The number of nitrogens with one attached hydrogen (secondary N) is 7. The number of likely N-dealkylation sites (tertiary alicyclic amines) is 1. The van der Waals surface area contributed by atoms with Gasteiger partial charge in [0.25, 0.3) is 0 Å². The molecule has 14 N–H and O–H groups in total. The van der Waals surface area contributed by atoms with Crippen molar-refractivity contribution in [2.24, 2.45) is 28.1 Å². The second-order valence-electron chi connectivity index (χ2n) is 16.6. The first-order valence-electron chi connectivity index (χ1n) is 22.7. The quantitative estimate of drug-likeness (QED) is 0.0243. The van der Waals surface area contributed by atoms with Crippen LogP contribution in [0.25, 0.3) is 0 Å². The fourth-order valence-corrected chi connectivity index (χ4v) is 7.40. The highest BCUT2D eigenvalue weighted by atomic mass is 16.3. The van der Waals surface area contributed by atoms with Crippen LogP contribution in [0.15, 0.2) is 35.3 Å². The number of primary amides is 1. The lowest BCUT2D eigenvalue weighted by Crippen LogP contribution is -2.62. The van der Waals surface area contributed by atoms with E-state index < -0.39 is 108 Å². The van der Waals surface area contributed by atoms with Crippen LogP contribution in [-0.4, -0.2) is 137 Å². The number of hydrogen-bond donors (Lipinski definition) is 11. The fourth-order valence-electron chi connectivity index (χ4n) is 7.40. The summed E-state index contributed by atoms with van der Waals surface area (Å²) in [4.78, 5) is 125. The van der Waals surface area contributed by atoms with E-state index in [2.05, 4.69) is 42.2 Å². The largest absolute Gasteiger partial charge is 0.391 e. The lowest BCUT2D eigenvalue weighted by Gasteiger charge is -2.31. The lowest BCUT2D eigenvalue weighted by atomic mass is 9.96. The number of aliphatic hydroxyl groups excluding tert-OH is 1. The number of aliphatic hydroxyl groups is 1. The van der Waals surface area contributed by atoms with Crippen LogP contribution in [-0.2, 0) is 49.6 Å². The van der Waals surface area contributed by atoms with Gasteiger partial charge < -0.3 is 64.4 Å². The summed E-state index contributed by atoms with van der Waals surface area (Å²) in [5.74, 6) is -7.07. The van der Waals surface area contributed by atoms with Crippen molar-refractivity contribution in [3.8, 4) is 0 Å². The molecule has 0 radical (unpaired) electrons. The Morgan fingerprint density at radius 3 is 1.88 bits per heavy atom. The number of likely N-dealkylation sites (N-methyl/N-ethyl adjacent to an activating group) is 1. The maximum Gasteiger partial charge on any atom is 0.245 e. The Labute approximate surface area is 386 Å². The zero-order valence-electron chi connectivity index (χ0n) is 39.0. The summed E-state index contributed by atoms with van der Waals surface area (Å²) in [5.41, 5.74) is 17.1. The van der Waals surface area contributed by atoms with Crippen molar-refractivity contribution in [2.75, 3.05) is 19.6 Å². The Balaban J connectivity index is 2.35. The molecule has 1 aromatic rings. The number of rotatable bonds is 28. The lowest BCUT2D eigenvalue weighted by molar-refractivity contribution is -0.142. The minimum Gasteiger partial charge on any atom is -0.391 e. The molecule has 9 amide bonds. The normalized spacial score (nSPS) is 16.9. The molecule has 0 aromatic heterocycles. The van der Waals surface area contributed by atoms with Crippen molar-refractivity contribution >= 4 is 59.1 Å². The van der Waals surface area contributed by atoms with Crippen LogP contribution in [0.3, 0.4) is 0 Å². The zero-order chi connectivity index (χ0) is 49.5. The van der Waals surface area contributed by atoms with E-state index in [0.29, 0.717) is 45.2 Å². The highest BCUT2D eigenvalue weighted by Gasteiger charge is 2.40. The van der Waals surface area contributed by atoms with Crippen LogP contribution in [0.1, 0.15) is 105 Å². The van der Waals surface area contributed by atoms with E-state index >= 15 is 0 Å². The fraction of sp³-hybridized carbons (Fsp3) is 0.636. The first kappa shape index (κ1) is 55.8. The predicted octanol–water partition coefficient (Wildman–Crippen LogP) is -2.17. The van der Waals surface area contributed by atoms with Crippen molar-refractivity contribution in [1.82, 2.24) is 42.1 Å². The molecule has 0 unspecified atom stereocenters. The molecule has 0 aliphatic carbocycles. The molecule has 0 bridgehead atoms. The van der Waals surface area contributed by atoms with Crippen molar-refractivity contribution in [3.63, 3.8) is 0 Å². The average Bonchev–Trinajstić information content (AvgIpc) is 3.76. The Hall–Kier alpha value is -6.32. The number of carbonyl (C=O) groups is 9. The molecule has 1 heterocycles. The van der Waals surface area contributed by atoms with E-state index in [1.54, 1.807) is 51.1 Å². The number of nitrogens with two attached hydrogens (primary N) is 3. The predicted molar refractivity (Wildman–Crippen MR) is 245 cm³/mol. The van der Waals surface area contributed by atoms with Gasteiger partial charge in [-0.15, -0.1) is 0 Å². The van der Waals surface area contributed by atoms with Crippen LogP contribution >= 0.6 is 0 Å². The molecule has 368 valence electrons. The van der Waals surface area contributed by atoms with Gasteiger partial charge in [-0.2, -0.15) is 0 Å². The van der Waals surface area contributed by atoms with E-state index in [4.69, 9.17) is 17.2 Å². The Kier molecular flexibility index (Phi) is 24.1. The molecular weight excluding hydrogens is 857 g/mol. The monoisotopic (exact) mass is 929 g/mol.